The Kier molecular flexibility index (Phi) is 5.47. The highest BCUT2D eigenvalue weighted by Gasteiger charge is 2.41. The van der Waals surface area contributed by atoms with Crippen LogP contribution in [0.2, 0.25) is 0 Å². The summed E-state index contributed by atoms with van der Waals surface area (Å²) in [6.45, 7) is 2.38. The van der Waals surface area contributed by atoms with Gasteiger partial charge >= 0.3 is 5.97 Å². The number of carbonyl (C=O) groups excluding carboxylic acids is 1. The van der Waals surface area contributed by atoms with Crippen molar-refractivity contribution in [2.45, 2.75) is 31.1 Å². The van der Waals surface area contributed by atoms with Gasteiger partial charge in [-0.2, -0.15) is 5.10 Å². The van der Waals surface area contributed by atoms with Crippen LogP contribution in [0.15, 0.2) is 35.4 Å². The lowest BCUT2D eigenvalue weighted by Crippen LogP contribution is -2.40. The molecule has 2 aliphatic heterocycles. The lowest BCUT2D eigenvalue weighted by atomic mass is 10.1. The van der Waals surface area contributed by atoms with E-state index in [0.29, 0.717) is 25.2 Å². The maximum Gasteiger partial charge on any atom is 0.328 e. The van der Waals surface area contributed by atoms with E-state index in [1.165, 1.54) is 9.91 Å². The Morgan fingerprint density at radius 1 is 1.30 bits per heavy atom. The first-order chi connectivity index (χ1) is 12.8. The van der Waals surface area contributed by atoms with E-state index in [9.17, 15) is 23.1 Å². The summed E-state index contributed by atoms with van der Waals surface area (Å²) in [6, 6.07) is 7.82. The zero-order chi connectivity index (χ0) is 19.6. The molecule has 2 heterocycles. The number of carbonyl (C=O) groups is 2. The fourth-order valence-electron chi connectivity index (χ4n) is 3.32. The van der Waals surface area contributed by atoms with Gasteiger partial charge in [0.15, 0.2) is 6.04 Å². The molecular formula is C17H22N4O5S. The van der Waals surface area contributed by atoms with E-state index in [1.807, 2.05) is 0 Å². The molecule has 1 aromatic carbocycles. The number of carboxylic acid groups (broad SMARTS) is 1. The minimum atomic E-state index is -3.47. The first-order valence-electron chi connectivity index (χ1n) is 8.75. The molecule has 0 saturated carbocycles. The minimum absolute atomic E-state index is 0.0236. The summed E-state index contributed by atoms with van der Waals surface area (Å²) in [5, 5.41) is 14.4. The second-order valence-electron chi connectivity index (χ2n) is 6.49. The predicted octanol–water partition coefficient (Wildman–Crippen LogP) is 0.246. The van der Waals surface area contributed by atoms with Crippen LogP contribution in [0.3, 0.4) is 0 Å². The van der Waals surface area contributed by atoms with Crippen molar-refractivity contribution in [3.05, 3.63) is 30.3 Å². The molecule has 0 aliphatic carbocycles. The minimum Gasteiger partial charge on any atom is -0.480 e. The van der Waals surface area contributed by atoms with Gasteiger partial charge in [0.05, 0.1) is 10.9 Å². The fraction of sp³-hybridized carbons (Fsp3) is 0.471. The van der Waals surface area contributed by atoms with E-state index in [2.05, 4.69) is 9.82 Å². The Morgan fingerprint density at radius 2 is 2.00 bits per heavy atom. The van der Waals surface area contributed by atoms with Crippen LogP contribution in [0, 0.1) is 0 Å². The average molecular weight is 394 g/mol. The van der Waals surface area contributed by atoms with Gasteiger partial charge in [-0.05, 0) is 18.6 Å². The van der Waals surface area contributed by atoms with Crippen LogP contribution in [0.1, 0.15) is 19.8 Å². The van der Waals surface area contributed by atoms with Gasteiger partial charge in [0.25, 0.3) is 5.91 Å². The van der Waals surface area contributed by atoms with Crippen LogP contribution in [0.5, 0.6) is 0 Å². The maximum atomic E-state index is 12.8. The number of likely N-dealkylation sites (tertiary alicyclic amines) is 1. The van der Waals surface area contributed by atoms with Crippen molar-refractivity contribution in [2.75, 3.05) is 24.6 Å². The van der Waals surface area contributed by atoms with Gasteiger partial charge in [-0.3, -0.25) is 9.80 Å². The third kappa shape index (κ3) is 3.96. The number of carboxylic acids is 1. The smallest absolute Gasteiger partial charge is 0.328 e. The van der Waals surface area contributed by atoms with Crippen LogP contribution in [0.25, 0.3) is 0 Å². The van der Waals surface area contributed by atoms with Crippen LogP contribution >= 0.6 is 0 Å². The highest BCUT2D eigenvalue weighted by molar-refractivity contribution is 7.90. The van der Waals surface area contributed by atoms with Crippen molar-refractivity contribution in [2.24, 2.45) is 5.10 Å². The summed E-state index contributed by atoms with van der Waals surface area (Å²) in [5.74, 6) is -1.48. The Hall–Kier alpha value is -2.46. The largest absolute Gasteiger partial charge is 0.480 e. The summed E-state index contributed by atoms with van der Waals surface area (Å²) in [4.78, 5) is 25.8. The first-order valence-corrected chi connectivity index (χ1v) is 10.3. The number of hydrazone groups is 1. The van der Waals surface area contributed by atoms with Crippen molar-refractivity contribution >= 4 is 33.3 Å². The molecule has 3 rings (SSSR count). The van der Waals surface area contributed by atoms with Crippen molar-refractivity contribution in [3.8, 4) is 0 Å². The molecule has 1 fully saturated rings. The number of amides is 1. The molecule has 2 N–H and O–H groups in total. The van der Waals surface area contributed by atoms with E-state index in [0.717, 1.165) is 0 Å². The Morgan fingerprint density at radius 3 is 2.63 bits per heavy atom. The number of para-hydroxylation sites is 1. The number of nitrogens with zero attached hydrogens (tertiary/aromatic N) is 3. The number of benzene rings is 1. The van der Waals surface area contributed by atoms with Gasteiger partial charge < -0.3 is 10.0 Å². The molecule has 1 amide bonds. The van der Waals surface area contributed by atoms with Gasteiger partial charge in [-0.25, -0.2) is 17.9 Å². The molecule has 0 aromatic heterocycles. The van der Waals surface area contributed by atoms with Crippen molar-refractivity contribution in [1.29, 1.82) is 0 Å². The molecule has 2 atom stereocenters. The van der Waals surface area contributed by atoms with Crippen molar-refractivity contribution in [1.82, 2.24) is 9.62 Å². The summed E-state index contributed by atoms with van der Waals surface area (Å²) in [5.41, 5.74) is 0.717. The highest BCUT2D eigenvalue weighted by Crippen LogP contribution is 2.26. The number of aliphatic carboxylic acids is 1. The maximum absolute atomic E-state index is 12.8. The molecule has 10 heteroatoms. The van der Waals surface area contributed by atoms with Crippen molar-refractivity contribution in [3.63, 3.8) is 0 Å². The number of nitrogens with one attached hydrogen (secondary N) is 1. The van der Waals surface area contributed by atoms with Gasteiger partial charge in [0.1, 0.15) is 5.71 Å². The molecule has 0 spiro atoms. The van der Waals surface area contributed by atoms with Gasteiger partial charge in [-0.1, -0.05) is 25.1 Å². The lowest BCUT2D eigenvalue weighted by molar-refractivity contribution is -0.138. The number of sulfonamides is 1. The SMILES string of the molecule is CCNS(=O)(=O)C1CCN(C(=O)C2=NN(c3ccccc3)C(C(=O)O)C2)C1. The highest BCUT2D eigenvalue weighted by atomic mass is 32.2. The van der Waals surface area contributed by atoms with Crippen LogP contribution in [-0.4, -0.2) is 66.9 Å². The molecule has 9 nitrogen and oxygen atoms in total. The molecule has 27 heavy (non-hydrogen) atoms. The first kappa shape index (κ1) is 19.3. The quantitative estimate of drug-likeness (QED) is 0.714. The molecule has 2 unspecified atom stereocenters. The zero-order valence-corrected chi connectivity index (χ0v) is 15.7. The number of hydrogen-bond acceptors (Lipinski definition) is 6. The standard InChI is InChI=1S/C17H22N4O5S/c1-2-18-27(25,26)13-8-9-20(11-13)16(22)14-10-15(17(23)24)21(19-14)12-6-4-3-5-7-12/h3-7,13,15,18H,2,8-11H2,1H3,(H,23,24). The molecule has 1 saturated heterocycles. The predicted molar refractivity (Wildman–Crippen MR) is 100.0 cm³/mol. The Balaban J connectivity index is 1.76. The Bertz CT molecular complexity index is 855. The summed E-state index contributed by atoms with van der Waals surface area (Å²) < 4.78 is 26.7. The van der Waals surface area contributed by atoms with Gasteiger partial charge in [0, 0.05) is 26.1 Å². The average Bonchev–Trinajstić information content (AvgIpc) is 3.30. The molecule has 0 bridgehead atoms. The van der Waals surface area contributed by atoms with E-state index >= 15 is 0 Å². The molecule has 1 aromatic rings. The monoisotopic (exact) mass is 394 g/mol. The fourth-order valence-corrected chi connectivity index (χ4v) is 4.75. The number of rotatable bonds is 6. The topological polar surface area (TPSA) is 119 Å². The second kappa shape index (κ2) is 7.65. The van der Waals surface area contributed by atoms with Gasteiger partial charge in [-0.15, -0.1) is 0 Å². The summed E-state index contributed by atoms with van der Waals surface area (Å²) in [7, 11) is -3.47. The van der Waals surface area contributed by atoms with E-state index in [1.54, 1.807) is 37.3 Å². The van der Waals surface area contributed by atoms with E-state index in [4.69, 9.17) is 0 Å². The molecule has 146 valence electrons. The van der Waals surface area contributed by atoms with E-state index < -0.39 is 33.2 Å². The number of hydrogen-bond donors (Lipinski definition) is 2. The van der Waals surface area contributed by atoms with Crippen LogP contribution < -0.4 is 9.73 Å². The summed E-state index contributed by atoms with van der Waals surface area (Å²) in [6.07, 6.45) is 0.323. The second-order valence-corrected chi connectivity index (χ2v) is 8.54. The molecule has 0 radical (unpaired) electrons. The summed E-state index contributed by atoms with van der Waals surface area (Å²) >= 11 is 0. The van der Waals surface area contributed by atoms with Crippen molar-refractivity contribution < 1.29 is 23.1 Å². The van der Waals surface area contributed by atoms with Crippen LogP contribution in [-0.2, 0) is 19.6 Å². The normalized spacial score (nSPS) is 22.8. The number of anilines is 1. The third-order valence-electron chi connectivity index (χ3n) is 4.68. The van der Waals surface area contributed by atoms with Gasteiger partial charge in [0.2, 0.25) is 10.0 Å². The zero-order valence-electron chi connectivity index (χ0n) is 14.9. The molecular weight excluding hydrogens is 372 g/mol. The lowest BCUT2D eigenvalue weighted by Gasteiger charge is -2.19. The van der Waals surface area contributed by atoms with E-state index in [-0.39, 0.29) is 18.7 Å². The third-order valence-corrected chi connectivity index (χ3v) is 6.63. The Labute approximate surface area is 157 Å². The molecule has 2 aliphatic rings. The van der Waals surface area contributed by atoms with Crippen LogP contribution in [0.4, 0.5) is 5.69 Å².